The predicted molar refractivity (Wildman–Crippen MR) is 156 cm³/mol. The number of hydrogen-bond acceptors (Lipinski definition) is 6. The van der Waals surface area contributed by atoms with Crippen LogP contribution in [0.1, 0.15) is 70.7 Å². The molecular formula is C32H41F2N3O4. The highest BCUT2D eigenvalue weighted by Gasteiger charge is 2.49. The second-order valence-corrected chi connectivity index (χ2v) is 12.8. The molecule has 1 saturated heterocycles. The lowest BCUT2D eigenvalue weighted by Gasteiger charge is -2.40. The quantitative estimate of drug-likeness (QED) is 0.370. The molecule has 0 radical (unpaired) electrons. The zero-order valence-electron chi connectivity index (χ0n) is 24.8. The van der Waals surface area contributed by atoms with E-state index in [1.165, 1.54) is 18.3 Å². The molecule has 222 valence electrons. The summed E-state index contributed by atoms with van der Waals surface area (Å²) in [5.41, 5.74) is 0.868. The van der Waals surface area contributed by atoms with E-state index in [4.69, 9.17) is 9.47 Å². The SMILES string of the molecule is Cc1cc(N2CCC(C)(C)CC2)c(C2=C(F)CC(OCCc3ccc(F)cc3)(C(OC(C)(C)C)C(=O)O)C=N2)cn1. The maximum Gasteiger partial charge on any atom is 0.336 e. The second-order valence-electron chi connectivity index (χ2n) is 12.8. The monoisotopic (exact) mass is 569 g/mol. The normalized spacial score (nSPS) is 21.7. The number of benzene rings is 1. The lowest BCUT2D eigenvalue weighted by molar-refractivity contribution is -0.187. The Morgan fingerprint density at radius 1 is 1.15 bits per heavy atom. The highest BCUT2D eigenvalue weighted by molar-refractivity contribution is 5.91. The number of aromatic nitrogens is 1. The molecule has 7 nitrogen and oxygen atoms in total. The molecule has 1 fully saturated rings. The standard InChI is InChI=1S/C32H41F2N3O4/c1-21-17-26(37-14-12-31(5,6)13-15-37)24(19-35-21)27-25(34)18-32(20-36-27,28(29(38)39)41-30(2,3)4)40-16-11-22-7-9-23(33)10-8-22/h7-10,17,19-20,28H,11-16,18H2,1-6H3,(H,38,39). The Morgan fingerprint density at radius 2 is 1.80 bits per heavy atom. The molecule has 9 heteroatoms. The van der Waals surface area contributed by atoms with Gasteiger partial charge in [-0.05, 0) is 76.1 Å². The molecule has 3 heterocycles. The van der Waals surface area contributed by atoms with Crippen LogP contribution < -0.4 is 4.90 Å². The Labute approximate surface area is 241 Å². The first-order valence-electron chi connectivity index (χ1n) is 14.1. The van der Waals surface area contributed by atoms with Crippen molar-refractivity contribution in [3.05, 3.63) is 65.0 Å². The number of pyridine rings is 1. The molecule has 1 aromatic heterocycles. The molecule has 4 rings (SSSR count). The van der Waals surface area contributed by atoms with E-state index >= 15 is 4.39 Å². The molecule has 2 aliphatic rings. The van der Waals surface area contributed by atoms with Crippen molar-refractivity contribution in [3.8, 4) is 0 Å². The maximum atomic E-state index is 16.2. The van der Waals surface area contributed by atoms with E-state index in [1.54, 1.807) is 39.1 Å². The van der Waals surface area contributed by atoms with Gasteiger partial charge < -0.3 is 19.5 Å². The number of hydrogen-bond donors (Lipinski definition) is 1. The summed E-state index contributed by atoms with van der Waals surface area (Å²) in [5.74, 6) is -2.23. The average molecular weight is 570 g/mol. The Balaban J connectivity index is 1.66. The van der Waals surface area contributed by atoms with E-state index < -0.39 is 29.1 Å². The van der Waals surface area contributed by atoms with Crippen LogP contribution in [0.3, 0.4) is 0 Å². The number of aliphatic carboxylic acids is 1. The summed E-state index contributed by atoms with van der Waals surface area (Å²) >= 11 is 0. The van der Waals surface area contributed by atoms with Gasteiger partial charge in [-0.3, -0.25) is 9.98 Å². The van der Waals surface area contributed by atoms with Crippen LogP contribution in [-0.4, -0.2) is 59.3 Å². The number of piperidine rings is 1. The molecular weight excluding hydrogens is 528 g/mol. The number of ether oxygens (including phenoxy) is 2. The van der Waals surface area contributed by atoms with Gasteiger partial charge in [-0.15, -0.1) is 0 Å². The number of anilines is 1. The van der Waals surface area contributed by atoms with Gasteiger partial charge in [0, 0.05) is 48.9 Å². The smallest absolute Gasteiger partial charge is 0.336 e. The molecule has 2 atom stereocenters. The van der Waals surface area contributed by atoms with Gasteiger partial charge in [-0.2, -0.15) is 0 Å². The van der Waals surface area contributed by atoms with Gasteiger partial charge in [-0.1, -0.05) is 26.0 Å². The largest absolute Gasteiger partial charge is 0.479 e. The summed E-state index contributed by atoms with van der Waals surface area (Å²) in [4.78, 5) is 23.7. The first-order chi connectivity index (χ1) is 19.2. The molecule has 41 heavy (non-hydrogen) atoms. The third kappa shape index (κ3) is 7.57. The van der Waals surface area contributed by atoms with Crippen molar-refractivity contribution in [1.82, 2.24) is 4.98 Å². The van der Waals surface area contributed by atoms with E-state index in [1.807, 2.05) is 13.0 Å². The van der Waals surface area contributed by atoms with Gasteiger partial charge in [0.25, 0.3) is 0 Å². The average Bonchev–Trinajstić information content (AvgIpc) is 2.88. The van der Waals surface area contributed by atoms with Crippen LogP contribution >= 0.6 is 0 Å². The Hall–Kier alpha value is -3.17. The molecule has 0 spiro atoms. The minimum absolute atomic E-state index is 0.0540. The topological polar surface area (TPSA) is 84.2 Å². The number of rotatable bonds is 9. The molecule has 2 aliphatic heterocycles. The number of nitrogens with zero attached hydrogens (tertiary/aromatic N) is 3. The number of carboxylic acid groups (broad SMARTS) is 1. The lowest BCUT2D eigenvalue weighted by Crippen LogP contribution is -2.55. The van der Waals surface area contributed by atoms with Gasteiger partial charge in [-0.25, -0.2) is 13.6 Å². The predicted octanol–water partition coefficient (Wildman–Crippen LogP) is 6.53. The summed E-state index contributed by atoms with van der Waals surface area (Å²) < 4.78 is 41.6. The van der Waals surface area contributed by atoms with Crippen molar-refractivity contribution < 1.29 is 28.2 Å². The van der Waals surface area contributed by atoms with Gasteiger partial charge in [0.05, 0.1) is 12.2 Å². The molecule has 2 aromatic rings. The number of halogens is 2. The maximum absolute atomic E-state index is 16.2. The van der Waals surface area contributed by atoms with Gasteiger partial charge in [0.1, 0.15) is 22.9 Å². The molecule has 0 aliphatic carbocycles. The van der Waals surface area contributed by atoms with Crippen LogP contribution in [-0.2, 0) is 20.7 Å². The Kier molecular flexibility index (Phi) is 8.99. The summed E-state index contributed by atoms with van der Waals surface area (Å²) in [6, 6.07) is 7.91. The van der Waals surface area contributed by atoms with Crippen LogP contribution in [0.5, 0.6) is 0 Å². The van der Waals surface area contributed by atoms with Crippen molar-refractivity contribution in [3.63, 3.8) is 0 Å². The molecule has 0 bridgehead atoms. The van der Waals surface area contributed by atoms with Crippen molar-refractivity contribution in [2.75, 3.05) is 24.6 Å². The van der Waals surface area contributed by atoms with Crippen molar-refractivity contribution in [1.29, 1.82) is 0 Å². The summed E-state index contributed by atoms with van der Waals surface area (Å²) in [6.07, 6.45) is 3.51. The van der Waals surface area contributed by atoms with Crippen molar-refractivity contribution in [2.45, 2.75) is 84.5 Å². The number of carboxylic acids is 1. The Morgan fingerprint density at radius 3 is 2.39 bits per heavy atom. The van der Waals surface area contributed by atoms with Crippen LogP contribution in [0.25, 0.3) is 5.70 Å². The highest BCUT2D eigenvalue weighted by Crippen LogP contribution is 2.41. The number of aryl methyl sites for hydroxylation is 1. The highest BCUT2D eigenvalue weighted by atomic mass is 19.1. The molecule has 2 unspecified atom stereocenters. The third-order valence-corrected chi connectivity index (χ3v) is 7.65. The molecule has 0 saturated carbocycles. The van der Waals surface area contributed by atoms with Crippen LogP contribution in [0.15, 0.2) is 47.3 Å². The van der Waals surface area contributed by atoms with Gasteiger partial charge >= 0.3 is 5.97 Å². The van der Waals surface area contributed by atoms with Crippen LogP contribution in [0.2, 0.25) is 0 Å². The molecule has 1 aromatic carbocycles. The third-order valence-electron chi connectivity index (χ3n) is 7.65. The zero-order valence-corrected chi connectivity index (χ0v) is 24.8. The first kappa shape index (κ1) is 30.8. The molecule has 0 amide bonds. The van der Waals surface area contributed by atoms with Crippen molar-refractivity contribution >= 4 is 23.6 Å². The summed E-state index contributed by atoms with van der Waals surface area (Å²) in [6.45, 7) is 13.3. The first-order valence-corrected chi connectivity index (χ1v) is 14.1. The Bertz CT molecular complexity index is 1310. The fraction of sp³-hybridized carbons (Fsp3) is 0.531. The second kappa shape index (κ2) is 12.0. The lowest BCUT2D eigenvalue weighted by atomic mass is 9.82. The van der Waals surface area contributed by atoms with Gasteiger partial charge in [0.2, 0.25) is 0 Å². The van der Waals surface area contributed by atoms with E-state index in [0.29, 0.717) is 12.0 Å². The minimum Gasteiger partial charge on any atom is -0.479 e. The molecule has 1 N–H and O–H groups in total. The zero-order chi connectivity index (χ0) is 30.0. The fourth-order valence-electron chi connectivity index (χ4n) is 5.22. The van der Waals surface area contributed by atoms with Crippen LogP contribution in [0, 0.1) is 18.2 Å². The minimum atomic E-state index is -1.69. The summed E-state index contributed by atoms with van der Waals surface area (Å²) in [5, 5.41) is 10.2. The fourth-order valence-corrected chi connectivity index (χ4v) is 5.22. The van der Waals surface area contributed by atoms with E-state index in [9.17, 15) is 14.3 Å². The van der Waals surface area contributed by atoms with Crippen LogP contribution in [0.4, 0.5) is 14.5 Å². The summed E-state index contributed by atoms with van der Waals surface area (Å²) in [7, 11) is 0. The number of aliphatic imine (C=N–C) groups is 1. The van der Waals surface area contributed by atoms with Gasteiger partial charge in [0.15, 0.2) is 6.10 Å². The van der Waals surface area contributed by atoms with E-state index in [0.717, 1.165) is 42.9 Å². The van der Waals surface area contributed by atoms with E-state index in [-0.39, 0.29) is 30.0 Å². The number of carbonyl (C=O) groups is 1. The van der Waals surface area contributed by atoms with Crippen molar-refractivity contribution in [2.24, 2.45) is 10.4 Å². The van der Waals surface area contributed by atoms with E-state index in [2.05, 4.69) is 28.7 Å².